The van der Waals surface area contributed by atoms with E-state index < -0.39 is 0 Å². The summed E-state index contributed by atoms with van der Waals surface area (Å²) in [6, 6.07) is 9.34. The Hall–Kier alpha value is -0.860. The molecule has 1 unspecified atom stereocenters. The second kappa shape index (κ2) is 5.41. The summed E-state index contributed by atoms with van der Waals surface area (Å²) in [5, 5.41) is 0. The van der Waals surface area contributed by atoms with Crippen LogP contribution >= 0.6 is 0 Å². The molecule has 18 heavy (non-hydrogen) atoms. The number of nitrogens with two attached hydrogens (primary N) is 1. The van der Waals surface area contributed by atoms with Crippen molar-refractivity contribution in [2.24, 2.45) is 11.7 Å². The molecule has 3 fully saturated rings. The lowest BCUT2D eigenvalue weighted by Gasteiger charge is -2.45. The van der Waals surface area contributed by atoms with Crippen molar-refractivity contribution in [1.29, 1.82) is 0 Å². The van der Waals surface area contributed by atoms with Crippen LogP contribution in [0.2, 0.25) is 0 Å². The molecule has 1 atom stereocenters. The minimum atomic E-state index is 0.788. The minimum absolute atomic E-state index is 0.788. The molecule has 2 bridgehead atoms. The fourth-order valence-corrected chi connectivity index (χ4v) is 3.58. The normalized spacial score (nSPS) is 30.6. The topological polar surface area (TPSA) is 29.3 Å². The molecule has 0 radical (unpaired) electrons. The third-order valence-electron chi connectivity index (χ3n) is 4.73. The van der Waals surface area contributed by atoms with Gasteiger partial charge in [0, 0.05) is 6.54 Å². The third kappa shape index (κ3) is 2.45. The van der Waals surface area contributed by atoms with Crippen molar-refractivity contribution < 1.29 is 0 Å². The third-order valence-corrected chi connectivity index (χ3v) is 4.73. The number of piperidine rings is 3. The molecule has 0 aliphatic carbocycles. The largest absolute Gasteiger partial charge is 0.330 e. The maximum Gasteiger partial charge on any atom is 0.00530 e. The summed E-state index contributed by atoms with van der Waals surface area (Å²) in [5.41, 5.74) is 8.55. The van der Waals surface area contributed by atoms with Crippen LogP contribution in [0, 0.1) is 5.92 Å². The van der Waals surface area contributed by atoms with E-state index in [0.29, 0.717) is 0 Å². The molecule has 3 saturated heterocycles. The molecule has 0 aromatic heterocycles. The summed E-state index contributed by atoms with van der Waals surface area (Å²) >= 11 is 0. The highest BCUT2D eigenvalue weighted by molar-refractivity contribution is 5.27. The lowest BCUT2D eigenvalue weighted by atomic mass is 9.75. The van der Waals surface area contributed by atoms with Gasteiger partial charge in [-0.05, 0) is 68.3 Å². The zero-order chi connectivity index (χ0) is 12.4. The Morgan fingerprint density at radius 2 is 1.83 bits per heavy atom. The number of hydrogen-bond acceptors (Lipinski definition) is 2. The average Bonchev–Trinajstić information content (AvgIpc) is 2.47. The quantitative estimate of drug-likeness (QED) is 0.881. The van der Waals surface area contributed by atoms with Crippen LogP contribution in [0.1, 0.15) is 36.3 Å². The summed E-state index contributed by atoms with van der Waals surface area (Å²) in [7, 11) is 0. The van der Waals surface area contributed by atoms with Crippen LogP contribution in [0.25, 0.3) is 0 Å². The van der Waals surface area contributed by atoms with E-state index >= 15 is 0 Å². The van der Waals surface area contributed by atoms with Gasteiger partial charge in [0.05, 0.1) is 0 Å². The van der Waals surface area contributed by atoms with Crippen LogP contribution in [0.3, 0.4) is 0 Å². The average molecular weight is 244 g/mol. The van der Waals surface area contributed by atoms with Crippen molar-refractivity contribution >= 4 is 0 Å². The van der Waals surface area contributed by atoms with E-state index in [1.165, 1.54) is 38.0 Å². The van der Waals surface area contributed by atoms with E-state index in [2.05, 4.69) is 29.2 Å². The van der Waals surface area contributed by atoms with Gasteiger partial charge in [-0.15, -0.1) is 0 Å². The molecule has 3 aliphatic heterocycles. The Morgan fingerprint density at radius 1 is 1.11 bits per heavy atom. The van der Waals surface area contributed by atoms with Crippen molar-refractivity contribution in [3.05, 3.63) is 35.4 Å². The molecular formula is C16H24N2. The van der Waals surface area contributed by atoms with Gasteiger partial charge in [0.1, 0.15) is 0 Å². The van der Waals surface area contributed by atoms with Gasteiger partial charge in [0.2, 0.25) is 0 Å². The molecular weight excluding hydrogens is 220 g/mol. The number of nitrogens with zero attached hydrogens (tertiary/aromatic N) is 1. The molecule has 2 nitrogen and oxygen atoms in total. The fraction of sp³-hybridized carbons (Fsp3) is 0.625. The van der Waals surface area contributed by atoms with E-state index in [-0.39, 0.29) is 0 Å². The highest BCUT2D eigenvalue weighted by Crippen LogP contribution is 2.38. The molecule has 0 spiro atoms. The van der Waals surface area contributed by atoms with Crippen LogP contribution in [0.15, 0.2) is 24.3 Å². The number of aryl methyl sites for hydroxylation is 1. The first-order valence-corrected chi connectivity index (χ1v) is 7.38. The highest BCUT2D eigenvalue weighted by atomic mass is 15.1. The predicted molar refractivity (Wildman–Crippen MR) is 75.7 cm³/mol. The molecule has 2 heteroatoms. The fourth-order valence-electron chi connectivity index (χ4n) is 3.58. The first kappa shape index (κ1) is 12.2. The SMILES string of the molecule is NCCCc1ccc(C2CN3CCC2CC3)cc1. The maximum atomic E-state index is 5.56. The van der Waals surface area contributed by atoms with Crippen molar-refractivity contribution in [3.8, 4) is 0 Å². The second-order valence-corrected chi connectivity index (χ2v) is 5.88. The predicted octanol–water partition coefficient (Wildman–Crippen LogP) is 2.39. The lowest BCUT2D eigenvalue weighted by Crippen LogP contribution is -2.46. The van der Waals surface area contributed by atoms with E-state index in [9.17, 15) is 0 Å². The first-order valence-electron chi connectivity index (χ1n) is 7.38. The van der Waals surface area contributed by atoms with Gasteiger partial charge in [0.15, 0.2) is 0 Å². The van der Waals surface area contributed by atoms with Gasteiger partial charge in [-0.3, -0.25) is 0 Å². The molecule has 1 aromatic carbocycles. The Balaban J connectivity index is 1.69. The zero-order valence-corrected chi connectivity index (χ0v) is 11.1. The molecule has 3 heterocycles. The van der Waals surface area contributed by atoms with Crippen LogP contribution in [-0.4, -0.2) is 31.1 Å². The maximum absolute atomic E-state index is 5.56. The van der Waals surface area contributed by atoms with Crippen molar-refractivity contribution in [1.82, 2.24) is 4.90 Å². The number of fused-ring (bicyclic) bond motifs is 3. The van der Waals surface area contributed by atoms with Gasteiger partial charge in [-0.2, -0.15) is 0 Å². The van der Waals surface area contributed by atoms with Crippen molar-refractivity contribution in [3.63, 3.8) is 0 Å². The summed E-state index contributed by atoms with van der Waals surface area (Å²) in [6.45, 7) is 4.74. The summed E-state index contributed by atoms with van der Waals surface area (Å²) in [6.07, 6.45) is 5.02. The molecule has 3 aliphatic rings. The van der Waals surface area contributed by atoms with E-state index in [1.54, 1.807) is 5.56 Å². The Labute approximate surface area is 110 Å². The van der Waals surface area contributed by atoms with E-state index in [4.69, 9.17) is 5.73 Å². The summed E-state index contributed by atoms with van der Waals surface area (Å²) in [5.74, 6) is 1.72. The summed E-state index contributed by atoms with van der Waals surface area (Å²) in [4.78, 5) is 2.63. The Kier molecular flexibility index (Phi) is 3.67. The number of benzene rings is 1. The molecule has 2 N–H and O–H groups in total. The van der Waals surface area contributed by atoms with Crippen LogP contribution < -0.4 is 5.73 Å². The van der Waals surface area contributed by atoms with Gasteiger partial charge in [-0.1, -0.05) is 24.3 Å². The molecule has 98 valence electrons. The van der Waals surface area contributed by atoms with E-state index in [0.717, 1.165) is 31.2 Å². The van der Waals surface area contributed by atoms with Crippen LogP contribution in [0.5, 0.6) is 0 Å². The van der Waals surface area contributed by atoms with Crippen molar-refractivity contribution in [2.75, 3.05) is 26.2 Å². The summed E-state index contributed by atoms with van der Waals surface area (Å²) < 4.78 is 0. The number of hydrogen-bond donors (Lipinski definition) is 1. The van der Waals surface area contributed by atoms with Gasteiger partial charge >= 0.3 is 0 Å². The molecule has 0 amide bonds. The molecule has 0 saturated carbocycles. The smallest absolute Gasteiger partial charge is 0.00530 e. The molecule has 4 rings (SSSR count). The highest BCUT2D eigenvalue weighted by Gasteiger charge is 2.34. The zero-order valence-electron chi connectivity index (χ0n) is 11.1. The molecule has 1 aromatic rings. The van der Waals surface area contributed by atoms with Crippen LogP contribution in [0.4, 0.5) is 0 Å². The van der Waals surface area contributed by atoms with Gasteiger partial charge in [-0.25, -0.2) is 0 Å². The van der Waals surface area contributed by atoms with Gasteiger partial charge in [0.25, 0.3) is 0 Å². The number of rotatable bonds is 4. The van der Waals surface area contributed by atoms with E-state index in [1.807, 2.05) is 0 Å². The Bertz CT molecular complexity index is 377. The second-order valence-electron chi connectivity index (χ2n) is 5.88. The van der Waals surface area contributed by atoms with Crippen LogP contribution in [-0.2, 0) is 6.42 Å². The Morgan fingerprint density at radius 3 is 2.39 bits per heavy atom. The standard InChI is InChI=1S/C16H24N2/c17-9-1-2-13-3-5-14(6-4-13)16-12-18-10-7-15(16)8-11-18/h3-6,15-16H,1-2,7-12,17H2. The lowest BCUT2D eigenvalue weighted by molar-refractivity contribution is 0.0871. The van der Waals surface area contributed by atoms with Crippen molar-refractivity contribution in [2.45, 2.75) is 31.6 Å². The minimum Gasteiger partial charge on any atom is -0.330 e. The first-order chi connectivity index (χ1) is 8.86. The van der Waals surface area contributed by atoms with Gasteiger partial charge < -0.3 is 10.6 Å². The monoisotopic (exact) mass is 244 g/mol.